The van der Waals surface area contributed by atoms with Crippen LogP contribution >= 0.6 is 23.4 Å². The second-order valence-electron chi connectivity index (χ2n) is 7.19. The van der Waals surface area contributed by atoms with Crippen LogP contribution in [0, 0.1) is 6.92 Å². The van der Waals surface area contributed by atoms with Crippen molar-refractivity contribution in [2.45, 2.75) is 25.5 Å². The zero-order chi connectivity index (χ0) is 22.5. The Labute approximate surface area is 196 Å². The molecule has 6 nitrogen and oxygen atoms in total. The number of nitrogens with zero attached hydrogens (tertiary/aromatic N) is 4. The van der Waals surface area contributed by atoms with Gasteiger partial charge in [0.1, 0.15) is 5.76 Å². The van der Waals surface area contributed by atoms with Gasteiger partial charge in [0.15, 0.2) is 11.0 Å². The molecule has 2 aromatic carbocycles. The highest BCUT2D eigenvalue weighted by molar-refractivity contribution is 7.99. The van der Waals surface area contributed by atoms with Gasteiger partial charge in [-0.05, 0) is 61.9 Å². The maximum Gasteiger partial charge on any atom is 0.237 e. The van der Waals surface area contributed by atoms with Crippen LogP contribution < -0.4 is 4.90 Å². The second-order valence-corrected chi connectivity index (χ2v) is 8.57. The molecule has 2 heterocycles. The van der Waals surface area contributed by atoms with E-state index in [1.165, 1.54) is 11.8 Å². The summed E-state index contributed by atoms with van der Waals surface area (Å²) in [5.74, 6) is 1.74. The summed E-state index contributed by atoms with van der Waals surface area (Å²) in [6.07, 6.45) is 1.64. The molecule has 0 unspecified atom stereocenters. The van der Waals surface area contributed by atoms with E-state index < -0.39 is 0 Å². The van der Waals surface area contributed by atoms with Crippen molar-refractivity contribution in [3.05, 3.63) is 83.3 Å². The summed E-state index contributed by atoms with van der Waals surface area (Å²) in [5, 5.41) is 10.1. The summed E-state index contributed by atoms with van der Waals surface area (Å²) >= 11 is 7.41. The molecule has 0 bridgehead atoms. The average molecular weight is 467 g/mol. The zero-order valence-corrected chi connectivity index (χ0v) is 19.4. The molecule has 0 saturated carbocycles. The number of para-hydroxylation sites is 1. The fourth-order valence-electron chi connectivity index (χ4n) is 3.46. The van der Waals surface area contributed by atoms with Gasteiger partial charge in [0.25, 0.3) is 0 Å². The average Bonchev–Trinajstić information content (AvgIpc) is 3.45. The van der Waals surface area contributed by atoms with Gasteiger partial charge in [-0.2, -0.15) is 0 Å². The monoisotopic (exact) mass is 466 g/mol. The number of hydrogen-bond donors (Lipinski definition) is 0. The van der Waals surface area contributed by atoms with Gasteiger partial charge in [-0.15, -0.1) is 10.2 Å². The number of aryl methyl sites for hydroxylation is 1. The molecule has 0 spiro atoms. The molecule has 0 saturated heterocycles. The Bertz CT molecular complexity index is 1190. The SMILES string of the molecule is CCN(C(=O)CSc1nnc(-c2ccc(Cl)cc2)n1Cc1ccco1)c1ccccc1C. The molecule has 32 heavy (non-hydrogen) atoms. The van der Waals surface area contributed by atoms with Crippen molar-refractivity contribution >= 4 is 35.0 Å². The topological polar surface area (TPSA) is 64.2 Å². The van der Waals surface area contributed by atoms with E-state index in [-0.39, 0.29) is 11.7 Å². The number of amides is 1. The van der Waals surface area contributed by atoms with E-state index >= 15 is 0 Å². The number of carbonyl (C=O) groups excluding carboxylic acids is 1. The van der Waals surface area contributed by atoms with Crippen LogP contribution in [0.25, 0.3) is 11.4 Å². The molecule has 4 aromatic rings. The van der Waals surface area contributed by atoms with Crippen molar-refractivity contribution in [3.63, 3.8) is 0 Å². The summed E-state index contributed by atoms with van der Waals surface area (Å²) in [6.45, 7) is 5.05. The molecule has 0 fully saturated rings. The lowest BCUT2D eigenvalue weighted by Gasteiger charge is -2.22. The van der Waals surface area contributed by atoms with Crippen LogP contribution in [-0.4, -0.2) is 33.0 Å². The van der Waals surface area contributed by atoms with Crippen molar-refractivity contribution < 1.29 is 9.21 Å². The van der Waals surface area contributed by atoms with Crippen LogP contribution in [0.2, 0.25) is 5.02 Å². The first-order valence-electron chi connectivity index (χ1n) is 10.3. The minimum absolute atomic E-state index is 0.0207. The van der Waals surface area contributed by atoms with E-state index in [4.69, 9.17) is 16.0 Å². The largest absolute Gasteiger partial charge is 0.467 e. The molecule has 8 heteroatoms. The molecule has 0 N–H and O–H groups in total. The number of furan rings is 1. The van der Waals surface area contributed by atoms with Gasteiger partial charge in [-0.3, -0.25) is 9.36 Å². The summed E-state index contributed by atoms with van der Waals surface area (Å²) in [6, 6.07) is 19.1. The highest BCUT2D eigenvalue weighted by atomic mass is 35.5. The molecule has 164 valence electrons. The van der Waals surface area contributed by atoms with Gasteiger partial charge in [-0.25, -0.2) is 0 Å². The second kappa shape index (κ2) is 10.1. The third kappa shape index (κ3) is 4.89. The molecule has 4 rings (SSSR count). The predicted octanol–water partition coefficient (Wildman–Crippen LogP) is 5.69. The van der Waals surface area contributed by atoms with Gasteiger partial charge in [-0.1, -0.05) is 41.6 Å². The number of anilines is 1. The quantitative estimate of drug-likeness (QED) is 0.312. The molecule has 0 aliphatic rings. The number of halogens is 1. The van der Waals surface area contributed by atoms with Crippen molar-refractivity contribution in [2.24, 2.45) is 0 Å². The lowest BCUT2D eigenvalue weighted by Crippen LogP contribution is -2.32. The maximum atomic E-state index is 13.1. The molecule has 0 aliphatic carbocycles. The highest BCUT2D eigenvalue weighted by Gasteiger charge is 2.20. The Kier molecular flexibility index (Phi) is 6.97. The summed E-state index contributed by atoms with van der Waals surface area (Å²) in [7, 11) is 0. The molecule has 0 aliphatic heterocycles. The lowest BCUT2D eigenvalue weighted by atomic mass is 10.2. The van der Waals surface area contributed by atoms with Crippen molar-refractivity contribution in [1.82, 2.24) is 14.8 Å². The third-order valence-corrected chi connectivity index (χ3v) is 6.27. The molecule has 2 aromatic heterocycles. The van der Waals surface area contributed by atoms with Gasteiger partial charge < -0.3 is 9.32 Å². The van der Waals surface area contributed by atoms with Crippen LogP contribution in [0.4, 0.5) is 5.69 Å². The Morgan fingerprint density at radius 1 is 1.09 bits per heavy atom. The first-order valence-corrected chi connectivity index (χ1v) is 11.6. The molecule has 0 atom stereocenters. The Hall–Kier alpha value is -3.03. The lowest BCUT2D eigenvalue weighted by molar-refractivity contribution is -0.116. The first-order chi connectivity index (χ1) is 15.6. The normalized spacial score (nSPS) is 11.0. The minimum atomic E-state index is 0.0207. The molecule has 0 radical (unpaired) electrons. The number of aromatic nitrogens is 3. The van der Waals surface area contributed by atoms with E-state index in [2.05, 4.69) is 10.2 Å². The third-order valence-electron chi connectivity index (χ3n) is 5.06. The van der Waals surface area contributed by atoms with E-state index in [9.17, 15) is 4.79 Å². The Morgan fingerprint density at radius 3 is 2.56 bits per heavy atom. The van der Waals surface area contributed by atoms with Gasteiger partial charge >= 0.3 is 0 Å². The number of hydrogen-bond acceptors (Lipinski definition) is 5. The summed E-state index contributed by atoms with van der Waals surface area (Å²) < 4.78 is 7.50. The van der Waals surface area contributed by atoms with E-state index in [1.807, 2.05) is 79.1 Å². The molecular weight excluding hydrogens is 444 g/mol. The van der Waals surface area contributed by atoms with Crippen LogP contribution in [-0.2, 0) is 11.3 Å². The fourth-order valence-corrected chi connectivity index (χ4v) is 4.40. The van der Waals surface area contributed by atoms with Crippen LogP contribution in [0.5, 0.6) is 0 Å². The fraction of sp³-hybridized carbons (Fsp3) is 0.208. The zero-order valence-electron chi connectivity index (χ0n) is 17.9. The Morgan fingerprint density at radius 2 is 1.88 bits per heavy atom. The van der Waals surface area contributed by atoms with Crippen molar-refractivity contribution in [1.29, 1.82) is 0 Å². The van der Waals surface area contributed by atoms with E-state index in [0.29, 0.717) is 29.1 Å². The molecular formula is C24H23ClN4O2S. The number of rotatable bonds is 8. The van der Waals surface area contributed by atoms with Crippen molar-refractivity contribution in [2.75, 3.05) is 17.2 Å². The van der Waals surface area contributed by atoms with Gasteiger partial charge in [0.05, 0.1) is 18.6 Å². The predicted molar refractivity (Wildman–Crippen MR) is 128 cm³/mol. The summed E-state index contributed by atoms with van der Waals surface area (Å²) in [4.78, 5) is 14.9. The van der Waals surface area contributed by atoms with Crippen LogP contribution in [0.1, 0.15) is 18.2 Å². The standard InChI is InChI=1S/C24H23ClN4O2S/c1-3-28(21-9-5-4-7-17(21)2)22(30)16-32-24-27-26-23(18-10-12-19(25)13-11-18)29(24)15-20-8-6-14-31-20/h4-14H,3,15-16H2,1-2H3. The Balaban J connectivity index is 1.58. The van der Waals surface area contributed by atoms with E-state index in [1.54, 1.807) is 11.2 Å². The van der Waals surface area contributed by atoms with Crippen LogP contribution in [0.15, 0.2) is 76.5 Å². The van der Waals surface area contributed by atoms with Crippen molar-refractivity contribution in [3.8, 4) is 11.4 Å². The van der Waals surface area contributed by atoms with E-state index in [0.717, 1.165) is 22.6 Å². The minimum Gasteiger partial charge on any atom is -0.467 e. The molecule has 1 amide bonds. The van der Waals surface area contributed by atoms with Gasteiger partial charge in [0, 0.05) is 22.8 Å². The number of carbonyl (C=O) groups is 1. The maximum absolute atomic E-state index is 13.1. The highest BCUT2D eigenvalue weighted by Crippen LogP contribution is 2.27. The smallest absolute Gasteiger partial charge is 0.237 e. The number of thioether (sulfide) groups is 1. The van der Waals surface area contributed by atoms with Gasteiger partial charge in [0.2, 0.25) is 5.91 Å². The summed E-state index contributed by atoms with van der Waals surface area (Å²) in [5.41, 5.74) is 2.89. The number of benzene rings is 2. The first kappa shape index (κ1) is 22.2. The van der Waals surface area contributed by atoms with Crippen LogP contribution in [0.3, 0.4) is 0 Å².